The predicted molar refractivity (Wildman–Crippen MR) is 25.3 cm³/mol. The van der Waals surface area contributed by atoms with E-state index in [9.17, 15) is 0 Å². The van der Waals surface area contributed by atoms with Gasteiger partial charge in [0, 0.05) is 12.4 Å². The highest BCUT2D eigenvalue weighted by Gasteiger charge is 1.58. The minimum Gasteiger partial charge on any atom is -1.00 e. The third-order valence-electron chi connectivity index (χ3n) is 0.566. The Morgan fingerprint density at radius 2 is 1.57 bits per heavy atom. The zero-order chi connectivity index (χ0) is 4.24. The Kier molecular flexibility index (Phi) is 3.98. The van der Waals surface area contributed by atoms with Gasteiger partial charge in [-0.25, -0.2) is 0 Å². The van der Waals surface area contributed by atoms with E-state index in [2.05, 4.69) is 4.98 Å². The van der Waals surface area contributed by atoms with Gasteiger partial charge < -0.3 is 24.0 Å². The van der Waals surface area contributed by atoms with Gasteiger partial charge in [0.15, 0.2) is 0 Å². The van der Waals surface area contributed by atoms with Crippen LogP contribution in [0, 0.1) is 0 Å². The average Bonchev–Trinajstić information content (AvgIpc) is 1.72. The summed E-state index contributed by atoms with van der Waals surface area (Å²) in [6.45, 7) is 0. The van der Waals surface area contributed by atoms with Crippen LogP contribution < -0.4 is 24.0 Å². The quantitative estimate of drug-likeness (QED) is 0.457. The maximum atomic E-state index is 3.78. The van der Waals surface area contributed by atoms with Crippen molar-refractivity contribution in [2.45, 2.75) is 0 Å². The lowest BCUT2D eigenvalue weighted by molar-refractivity contribution is -0.00000128. The number of hydrogen-bond donors (Lipinski definition) is 0. The van der Waals surface area contributed by atoms with E-state index >= 15 is 0 Å². The highest BCUT2D eigenvalue weighted by Crippen LogP contribution is 1.73. The molecule has 0 aromatic carbocycles. The molecule has 1 rings (SSSR count). The van der Waals surface area contributed by atoms with E-state index in [0.29, 0.717) is 0 Å². The molecule has 0 atom stereocenters. The molecule has 0 spiro atoms. The van der Waals surface area contributed by atoms with Gasteiger partial charge in [0.25, 0.3) is 0 Å². The van der Waals surface area contributed by atoms with Gasteiger partial charge in [0.05, 0.1) is 0 Å². The van der Waals surface area contributed by atoms with E-state index in [4.69, 9.17) is 0 Å². The van der Waals surface area contributed by atoms with Gasteiger partial charge in [0.2, 0.25) is 0 Å². The molecule has 0 saturated carbocycles. The molecule has 38 valence electrons. The molecule has 7 heavy (non-hydrogen) atoms. The lowest BCUT2D eigenvalue weighted by Crippen LogP contribution is -3.00. The zero-order valence-electron chi connectivity index (χ0n) is 4.71. The standard InChI is InChI=1S/C5H5N.HI/c1-2-4-6-5-3-1;/h1-5H;1H. The molecular weight excluding hydrogens is 201 g/mol. The lowest BCUT2D eigenvalue weighted by Gasteiger charge is -1.70. The smallest absolute Gasteiger partial charge is 1.00 e. The van der Waals surface area contributed by atoms with E-state index in [0.717, 1.165) is 0 Å². The lowest BCUT2D eigenvalue weighted by atomic mass is 10.5. The Bertz CT molecular complexity index is 84.4. The number of nitrogens with zero attached hydrogens (tertiary/aromatic N) is 1. The summed E-state index contributed by atoms with van der Waals surface area (Å²) in [7, 11) is 0. The molecular formula is C5H6IN. The summed E-state index contributed by atoms with van der Waals surface area (Å²) in [6.07, 6.45) is 3.50. The number of rotatable bonds is 0. The van der Waals surface area contributed by atoms with Gasteiger partial charge in [-0.3, -0.25) is 4.98 Å². The number of pyridine rings is 1. The molecule has 1 heterocycles. The fraction of sp³-hybridized carbons (Fsp3) is 0. The largest absolute Gasteiger partial charge is 1.00 e. The molecule has 0 bridgehead atoms. The molecule has 2 heteroatoms. The second-order valence-corrected chi connectivity index (χ2v) is 1.02. The monoisotopic (exact) mass is 207 g/mol. The van der Waals surface area contributed by atoms with Gasteiger partial charge in [-0.2, -0.15) is 0 Å². The number of halogens is 1. The normalized spacial score (nSPS) is 6.86. The third kappa shape index (κ3) is 2.56. The predicted octanol–water partition coefficient (Wildman–Crippen LogP) is -1.80. The molecule has 0 aliphatic carbocycles. The Hall–Kier alpha value is -0.120. The molecule has 0 amide bonds. The second kappa shape index (κ2) is 4.05. The van der Waals surface area contributed by atoms with Crippen LogP contribution >= 0.6 is 0 Å². The second-order valence-electron chi connectivity index (χ2n) is 1.02. The highest BCUT2D eigenvalue weighted by atomic mass is 127. The molecule has 0 aliphatic heterocycles. The highest BCUT2D eigenvalue weighted by molar-refractivity contribution is 4.88. The molecule has 0 N–H and O–H groups in total. The first kappa shape index (κ1) is 6.88. The van der Waals surface area contributed by atoms with Crippen LogP contribution in [0.5, 0.6) is 0 Å². The van der Waals surface area contributed by atoms with Gasteiger partial charge >= 0.3 is 1.43 Å². The van der Waals surface area contributed by atoms with Gasteiger partial charge in [-0.15, -0.1) is 0 Å². The fourth-order valence-electron chi connectivity index (χ4n) is 0.313. The van der Waals surface area contributed by atoms with Crippen LogP contribution in [0.2, 0.25) is 0 Å². The zero-order valence-corrected chi connectivity index (χ0v) is 5.87. The van der Waals surface area contributed by atoms with Crippen LogP contribution in [0.3, 0.4) is 0 Å². The van der Waals surface area contributed by atoms with Crippen LogP contribution in [-0.2, 0) is 0 Å². The maximum absolute atomic E-state index is 3.78. The summed E-state index contributed by atoms with van der Waals surface area (Å²) < 4.78 is 0. The van der Waals surface area contributed by atoms with Crippen LogP contribution in [0.1, 0.15) is 1.43 Å². The Morgan fingerprint density at radius 1 is 1.00 bits per heavy atom. The van der Waals surface area contributed by atoms with E-state index in [1.54, 1.807) is 12.4 Å². The molecule has 0 radical (unpaired) electrons. The summed E-state index contributed by atoms with van der Waals surface area (Å²) in [6, 6.07) is 5.72. The molecule has 1 aromatic rings. The molecule has 1 aromatic heterocycles. The minimum atomic E-state index is 0. The van der Waals surface area contributed by atoms with Crippen LogP contribution in [0.25, 0.3) is 0 Å². The van der Waals surface area contributed by atoms with Crippen molar-refractivity contribution in [3.8, 4) is 0 Å². The van der Waals surface area contributed by atoms with Crippen molar-refractivity contribution >= 4 is 0 Å². The van der Waals surface area contributed by atoms with Crippen LogP contribution in [0.4, 0.5) is 0 Å². The summed E-state index contributed by atoms with van der Waals surface area (Å²) >= 11 is 0. The molecule has 0 aliphatic rings. The number of aromatic nitrogens is 1. The maximum Gasteiger partial charge on any atom is 1.00 e. The van der Waals surface area contributed by atoms with Crippen LogP contribution in [-0.4, -0.2) is 4.98 Å². The van der Waals surface area contributed by atoms with Crippen molar-refractivity contribution in [2.24, 2.45) is 0 Å². The van der Waals surface area contributed by atoms with Crippen molar-refractivity contribution in [3.05, 3.63) is 30.6 Å². The first-order valence-electron chi connectivity index (χ1n) is 1.85. The van der Waals surface area contributed by atoms with Crippen molar-refractivity contribution in [2.75, 3.05) is 0 Å². The summed E-state index contributed by atoms with van der Waals surface area (Å²) in [5, 5.41) is 0. The Morgan fingerprint density at radius 3 is 1.71 bits per heavy atom. The van der Waals surface area contributed by atoms with Crippen molar-refractivity contribution in [1.82, 2.24) is 4.98 Å². The summed E-state index contributed by atoms with van der Waals surface area (Å²) in [5.41, 5.74) is 0. The molecule has 1 nitrogen and oxygen atoms in total. The number of hydrogen-bond acceptors (Lipinski definition) is 1. The van der Waals surface area contributed by atoms with E-state index in [-0.39, 0.29) is 25.4 Å². The average molecular weight is 207 g/mol. The van der Waals surface area contributed by atoms with E-state index < -0.39 is 0 Å². The van der Waals surface area contributed by atoms with Crippen molar-refractivity contribution < 1.29 is 25.4 Å². The van der Waals surface area contributed by atoms with Crippen molar-refractivity contribution in [3.63, 3.8) is 0 Å². The van der Waals surface area contributed by atoms with Gasteiger partial charge in [-0.05, 0) is 12.1 Å². The Balaban J connectivity index is 0. The van der Waals surface area contributed by atoms with Crippen molar-refractivity contribution in [1.29, 1.82) is 0 Å². The summed E-state index contributed by atoms with van der Waals surface area (Å²) in [4.78, 5) is 3.78. The molecule has 0 fully saturated rings. The first-order valence-corrected chi connectivity index (χ1v) is 1.85. The topological polar surface area (TPSA) is 12.9 Å². The molecule has 0 saturated heterocycles. The SMILES string of the molecule is [H+].[I-].c1ccncc1. The van der Waals surface area contributed by atoms with E-state index in [1.165, 1.54) is 0 Å². The van der Waals surface area contributed by atoms with Gasteiger partial charge in [0.1, 0.15) is 0 Å². The fourth-order valence-corrected chi connectivity index (χ4v) is 0.313. The third-order valence-corrected chi connectivity index (χ3v) is 0.566. The first-order chi connectivity index (χ1) is 3.00. The van der Waals surface area contributed by atoms with Gasteiger partial charge in [-0.1, -0.05) is 6.07 Å². The van der Waals surface area contributed by atoms with Crippen LogP contribution in [0.15, 0.2) is 30.6 Å². The Labute approximate surface area is 61.3 Å². The minimum absolute atomic E-state index is 0. The summed E-state index contributed by atoms with van der Waals surface area (Å²) in [5.74, 6) is 0. The van der Waals surface area contributed by atoms with E-state index in [1.807, 2.05) is 18.2 Å². The molecule has 0 unspecified atom stereocenters.